The molecule has 0 unspecified atom stereocenters. The maximum absolute atomic E-state index is 12.2. The van der Waals surface area contributed by atoms with Crippen molar-refractivity contribution in [2.45, 2.75) is 24.3 Å². The highest BCUT2D eigenvalue weighted by Gasteiger charge is 2.21. The first-order valence-electron chi connectivity index (χ1n) is 7.37. The van der Waals surface area contributed by atoms with E-state index < -0.39 is 0 Å². The van der Waals surface area contributed by atoms with E-state index in [9.17, 15) is 14.9 Å². The Kier molecular flexibility index (Phi) is 4.54. The number of rotatable bonds is 4. The van der Waals surface area contributed by atoms with Gasteiger partial charge in [0, 0.05) is 17.5 Å². The van der Waals surface area contributed by atoms with Crippen LogP contribution in [0.4, 0.5) is 0 Å². The van der Waals surface area contributed by atoms with E-state index in [1.807, 2.05) is 18.2 Å². The summed E-state index contributed by atoms with van der Waals surface area (Å²) in [5.41, 5.74) is 2.32. The van der Waals surface area contributed by atoms with Gasteiger partial charge in [-0.15, -0.1) is 0 Å². The van der Waals surface area contributed by atoms with Crippen molar-refractivity contribution in [3.05, 3.63) is 58.8 Å². The zero-order chi connectivity index (χ0) is 16.2. The van der Waals surface area contributed by atoms with Crippen molar-refractivity contribution in [2.24, 2.45) is 0 Å². The summed E-state index contributed by atoms with van der Waals surface area (Å²) in [6, 6.07) is 12.8. The fourth-order valence-electron chi connectivity index (χ4n) is 2.55. The van der Waals surface area contributed by atoms with Gasteiger partial charge in [-0.1, -0.05) is 42.1 Å². The number of thioether (sulfide) groups is 1. The molecule has 0 spiro atoms. The van der Waals surface area contributed by atoms with Gasteiger partial charge in [-0.3, -0.25) is 9.59 Å². The number of carbonyl (C=O) groups is 2. The summed E-state index contributed by atoms with van der Waals surface area (Å²) in [6.45, 7) is 0. The zero-order valence-electron chi connectivity index (χ0n) is 12.4. The normalized spacial score (nSPS) is 13.3. The number of hydrogen-bond acceptors (Lipinski definition) is 5. The zero-order valence-corrected chi connectivity index (χ0v) is 13.2. The molecule has 1 heterocycles. The van der Waals surface area contributed by atoms with Crippen LogP contribution < -0.4 is 0 Å². The number of aromatic nitrogens is 1. The average molecular weight is 322 g/mol. The molecule has 0 aliphatic heterocycles. The van der Waals surface area contributed by atoms with Gasteiger partial charge >= 0.3 is 0 Å². The molecule has 0 atom stereocenters. The van der Waals surface area contributed by atoms with Crippen LogP contribution in [0.5, 0.6) is 0 Å². The van der Waals surface area contributed by atoms with Crippen LogP contribution in [0.2, 0.25) is 0 Å². The molecule has 1 aromatic carbocycles. The third-order valence-corrected chi connectivity index (χ3v) is 4.73. The molecule has 4 nitrogen and oxygen atoms in total. The van der Waals surface area contributed by atoms with Crippen molar-refractivity contribution in [1.82, 2.24) is 4.98 Å². The van der Waals surface area contributed by atoms with Gasteiger partial charge in [-0.2, -0.15) is 5.26 Å². The van der Waals surface area contributed by atoms with E-state index >= 15 is 0 Å². The van der Waals surface area contributed by atoms with Crippen molar-refractivity contribution < 1.29 is 9.59 Å². The number of fused-ring (bicyclic) bond motifs is 1. The first-order valence-corrected chi connectivity index (χ1v) is 8.36. The maximum atomic E-state index is 12.2. The minimum Gasteiger partial charge on any atom is -0.294 e. The van der Waals surface area contributed by atoms with Crippen molar-refractivity contribution in [3.63, 3.8) is 0 Å². The molecule has 1 aromatic heterocycles. The molecule has 0 fully saturated rings. The smallest absolute Gasteiger partial charge is 0.173 e. The van der Waals surface area contributed by atoms with Crippen LogP contribution >= 0.6 is 11.8 Å². The summed E-state index contributed by atoms with van der Waals surface area (Å²) < 4.78 is 0. The third-order valence-electron chi connectivity index (χ3n) is 3.74. The van der Waals surface area contributed by atoms with E-state index in [-0.39, 0.29) is 17.3 Å². The number of aryl methyl sites for hydroxylation is 1. The molecule has 114 valence electrons. The molecule has 0 saturated carbocycles. The maximum Gasteiger partial charge on any atom is 0.173 e. The van der Waals surface area contributed by atoms with E-state index in [4.69, 9.17) is 0 Å². The molecule has 0 N–H and O–H groups in total. The Balaban J connectivity index is 1.82. The van der Waals surface area contributed by atoms with E-state index in [0.29, 0.717) is 28.1 Å². The van der Waals surface area contributed by atoms with Crippen LogP contribution in [0.25, 0.3) is 0 Å². The molecule has 1 aliphatic carbocycles. The van der Waals surface area contributed by atoms with Gasteiger partial charge in [0.2, 0.25) is 0 Å². The molecule has 0 saturated heterocycles. The highest BCUT2D eigenvalue weighted by molar-refractivity contribution is 8.00. The fourth-order valence-corrected chi connectivity index (χ4v) is 3.42. The number of Topliss-reactive ketones (excluding diaryl/α,β-unsaturated/α-hetero) is 2. The standard InChI is InChI=1S/C18H14N2O2S/c19-10-13-9-14-15(7-4-8-16(14)21)20-18(13)23-11-17(22)12-5-2-1-3-6-12/h1-3,5-6,9H,4,7-8,11H2. The predicted octanol–water partition coefficient (Wildman–Crippen LogP) is 3.45. The van der Waals surface area contributed by atoms with Gasteiger partial charge in [0.05, 0.1) is 17.0 Å². The number of nitrogens with zero attached hydrogens (tertiary/aromatic N) is 2. The topological polar surface area (TPSA) is 70.8 Å². The summed E-state index contributed by atoms with van der Waals surface area (Å²) in [5, 5.41) is 9.82. The molecule has 23 heavy (non-hydrogen) atoms. The van der Waals surface area contributed by atoms with Crippen LogP contribution in [0, 0.1) is 11.3 Å². The monoisotopic (exact) mass is 322 g/mol. The van der Waals surface area contributed by atoms with Crippen molar-refractivity contribution in [2.75, 3.05) is 5.75 Å². The first-order chi connectivity index (χ1) is 11.2. The van der Waals surface area contributed by atoms with Gasteiger partial charge in [0.1, 0.15) is 11.1 Å². The lowest BCUT2D eigenvalue weighted by atomic mass is 9.94. The van der Waals surface area contributed by atoms with Crippen LogP contribution in [-0.2, 0) is 6.42 Å². The molecular formula is C18H14N2O2S. The first kappa shape index (κ1) is 15.4. The van der Waals surface area contributed by atoms with Gasteiger partial charge in [-0.25, -0.2) is 4.98 Å². The van der Waals surface area contributed by atoms with Crippen LogP contribution in [0.3, 0.4) is 0 Å². The predicted molar refractivity (Wildman–Crippen MR) is 87.7 cm³/mol. The van der Waals surface area contributed by atoms with Crippen molar-refractivity contribution in [3.8, 4) is 6.07 Å². The van der Waals surface area contributed by atoms with Gasteiger partial charge in [-0.05, 0) is 18.9 Å². The Morgan fingerprint density at radius 2 is 2.04 bits per heavy atom. The largest absolute Gasteiger partial charge is 0.294 e. The highest BCUT2D eigenvalue weighted by Crippen LogP contribution is 2.27. The molecule has 0 bridgehead atoms. The molecule has 3 rings (SSSR count). The van der Waals surface area contributed by atoms with Crippen molar-refractivity contribution >= 4 is 23.3 Å². The number of nitriles is 1. The fraction of sp³-hybridized carbons (Fsp3) is 0.222. The Hall–Kier alpha value is -2.45. The van der Waals surface area contributed by atoms with E-state index in [0.717, 1.165) is 18.5 Å². The summed E-state index contributed by atoms with van der Waals surface area (Å²) in [6.07, 6.45) is 2.04. The van der Waals surface area contributed by atoms with Crippen LogP contribution in [0.15, 0.2) is 41.4 Å². The van der Waals surface area contributed by atoms with Crippen LogP contribution in [0.1, 0.15) is 44.8 Å². The molecule has 1 aliphatic rings. The highest BCUT2D eigenvalue weighted by atomic mass is 32.2. The third kappa shape index (κ3) is 3.33. The number of carbonyl (C=O) groups excluding carboxylic acids is 2. The SMILES string of the molecule is N#Cc1cc2c(nc1SCC(=O)c1ccccc1)CCCC2=O. The second kappa shape index (κ2) is 6.76. The average Bonchev–Trinajstić information content (AvgIpc) is 2.60. The lowest BCUT2D eigenvalue weighted by Gasteiger charge is -2.15. The van der Waals surface area contributed by atoms with E-state index in [1.165, 1.54) is 11.8 Å². The Morgan fingerprint density at radius 1 is 1.26 bits per heavy atom. The summed E-state index contributed by atoms with van der Waals surface area (Å²) >= 11 is 1.25. The number of hydrogen-bond donors (Lipinski definition) is 0. The minimum absolute atomic E-state index is 0.00455. The van der Waals surface area contributed by atoms with Crippen molar-refractivity contribution in [1.29, 1.82) is 5.26 Å². The molecule has 0 amide bonds. The summed E-state index contributed by atoms with van der Waals surface area (Å²) in [4.78, 5) is 28.5. The Morgan fingerprint density at radius 3 is 2.78 bits per heavy atom. The molecule has 5 heteroatoms. The Bertz CT molecular complexity index is 810. The quantitative estimate of drug-likeness (QED) is 0.637. The molecule has 0 radical (unpaired) electrons. The molecular weight excluding hydrogens is 308 g/mol. The van der Waals surface area contributed by atoms with Gasteiger partial charge < -0.3 is 0 Å². The van der Waals surface area contributed by atoms with E-state index in [1.54, 1.807) is 18.2 Å². The number of benzene rings is 1. The Labute approximate surface area is 138 Å². The van der Waals surface area contributed by atoms with E-state index in [2.05, 4.69) is 11.1 Å². The second-order valence-electron chi connectivity index (χ2n) is 5.30. The summed E-state index contributed by atoms with van der Waals surface area (Å²) in [5.74, 6) is 0.264. The number of ketones is 2. The van der Waals surface area contributed by atoms with Gasteiger partial charge in [0.15, 0.2) is 11.6 Å². The lowest BCUT2D eigenvalue weighted by molar-refractivity contribution is 0.0969. The lowest BCUT2D eigenvalue weighted by Crippen LogP contribution is -2.14. The van der Waals surface area contributed by atoms with Crippen LogP contribution in [-0.4, -0.2) is 22.3 Å². The number of pyridine rings is 1. The second-order valence-corrected chi connectivity index (χ2v) is 6.27. The molecule has 2 aromatic rings. The minimum atomic E-state index is -0.00455. The van der Waals surface area contributed by atoms with Gasteiger partial charge in [0.25, 0.3) is 0 Å². The summed E-state index contributed by atoms with van der Waals surface area (Å²) in [7, 11) is 0.